The number of hydrogen-bond donors (Lipinski definition) is 3. The Morgan fingerprint density at radius 1 is 1.45 bits per heavy atom. The molecule has 1 aromatic carbocycles. The largest absolute Gasteiger partial charge is 0.467 e. The highest BCUT2D eigenvalue weighted by Gasteiger charge is 2.12. The fourth-order valence-electron chi connectivity index (χ4n) is 1.54. The average molecular weight is 292 g/mol. The van der Waals surface area contributed by atoms with E-state index >= 15 is 0 Å². The second-order valence-electron chi connectivity index (χ2n) is 3.92. The van der Waals surface area contributed by atoms with Gasteiger partial charge in [-0.2, -0.15) is 0 Å². The van der Waals surface area contributed by atoms with Crippen LogP contribution in [0.25, 0.3) is 0 Å². The molecule has 0 fully saturated rings. The van der Waals surface area contributed by atoms with Gasteiger partial charge in [-0.3, -0.25) is 10.1 Å². The zero-order valence-electron chi connectivity index (χ0n) is 10.3. The summed E-state index contributed by atoms with van der Waals surface area (Å²) >= 11 is 5.09. The van der Waals surface area contributed by atoms with Crippen LogP contribution in [0.15, 0.2) is 41.0 Å². The fraction of sp³-hybridized carbons (Fsp3) is 0.0833. The number of nitro benzene ring substituents is 1. The summed E-state index contributed by atoms with van der Waals surface area (Å²) in [6.07, 6.45) is 1.57. The van der Waals surface area contributed by atoms with Gasteiger partial charge in [0.05, 0.1) is 17.7 Å². The summed E-state index contributed by atoms with van der Waals surface area (Å²) in [5.74, 6) is 0.734. The first-order valence-corrected chi connectivity index (χ1v) is 6.08. The van der Waals surface area contributed by atoms with E-state index in [4.69, 9.17) is 22.4 Å². The minimum Gasteiger partial charge on any atom is -0.467 e. The van der Waals surface area contributed by atoms with Crippen LogP contribution in [0.4, 0.5) is 17.1 Å². The van der Waals surface area contributed by atoms with Gasteiger partial charge in [0.1, 0.15) is 11.4 Å². The van der Waals surface area contributed by atoms with Crippen molar-refractivity contribution in [2.45, 2.75) is 6.54 Å². The Morgan fingerprint density at radius 2 is 2.25 bits per heavy atom. The van der Waals surface area contributed by atoms with E-state index in [9.17, 15) is 10.1 Å². The first-order valence-electron chi connectivity index (χ1n) is 5.67. The smallest absolute Gasteiger partial charge is 0.294 e. The van der Waals surface area contributed by atoms with Crippen LogP contribution in [0.1, 0.15) is 5.76 Å². The summed E-state index contributed by atoms with van der Waals surface area (Å²) in [7, 11) is 0. The first kappa shape index (κ1) is 13.8. The summed E-state index contributed by atoms with van der Waals surface area (Å²) in [5, 5.41) is 16.9. The number of thiocarbonyl (C=S) groups is 1. The fourth-order valence-corrected chi connectivity index (χ4v) is 1.73. The third-order valence-electron chi connectivity index (χ3n) is 2.49. The molecule has 0 aliphatic heterocycles. The molecule has 0 aliphatic carbocycles. The number of rotatable bonds is 4. The molecule has 8 heteroatoms. The lowest BCUT2D eigenvalue weighted by molar-refractivity contribution is -0.383. The predicted octanol–water partition coefficient (Wildman–Crippen LogP) is 2.26. The van der Waals surface area contributed by atoms with Gasteiger partial charge in [0, 0.05) is 11.8 Å². The van der Waals surface area contributed by atoms with Crippen molar-refractivity contribution in [2.24, 2.45) is 0 Å². The second kappa shape index (κ2) is 6.02. The molecule has 1 aromatic heterocycles. The number of nitrogens with one attached hydrogen (secondary N) is 2. The van der Waals surface area contributed by atoms with Gasteiger partial charge < -0.3 is 20.8 Å². The van der Waals surface area contributed by atoms with Gasteiger partial charge in [0.2, 0.25) is 0 Å². The van der Waals surface area contributed by atoms with E-state index in [2.05, 4.69) is 10.6 Å². The van der Waals surface area contributed by atoms with Gasteiger partial charge in [-0.15, -0.1) is 0 Å². The van der Waals surface area contributed by atoms with Crippen molar-refractivity contribution in [2.75, 3.05) is 11.1 Å². The van der Waals surface area contributed by atoms with Crippen LogP contribution in [-0.2, 0) is 6.54 Å². The zero-order chi connectivity index (χ0) is 14.5. The number of nitrogens with zero attached hydrogens (tertiary/aromatic N) is 1. The highest BCUT2D eigenvalue weighted by atomic mass is 32.1. The molecular formula is C12H12N4O3S. The highest BCUT2D eigenvalue weighted by molar-refractivity contribution is 7.80. The van der Waals surface area contributed by atoms with Gasteiger partial charge in [0.15, 0.2) is 5.11 Å². The highest BCUT2D eigenvalue weighted by Crippen LogP contribution is 2.24. The summed E-state index contributed by atoms with van der Waals surface area (Å²) < 4.78 is 5.14. The van der Waals surface area contributed by atoms with Crippen LogP contribution in [0.3, 0.4) is 0 Å². The molecule has 104 valence electrons. The standard InChI is InChI=1S/C12H12N4O3S/c13-10-4-3-8(6-11(10)16(17)18)15-12(20)14-7-9-2-1-5-19-9/h1-6H,7,13H2,(H2,14,15,20). The molecule has 0 saturated heterocycles. The van der Waals surface area contributed by atoms with Crippen molar-refractivity contribution in [3.63, 3.8) is 0 Å². The van der Waals surface area contributed by atoms with Gasteiger partial charge in [-0.1, -0.05) is 0 Å². The van der Waals surface area contributed by atoms with E-state index in [1.54, 1.807) is 18.4 Å². The Labute approximate surface area is 119 Å². The number of hydrogen-bond acceptors (Lipinski definition) is 5. The Kier molecular flexibility index (Phi) is 4.16. The number of benzene rings is 1. The van der Waals surface area contributed by atoms with Gasteiger partial charge in [0.25, 0.3) is 5.69 Å². The molecule has 0 atom stereocenters. The predicted molar refractivity (Wildman–Crippen MR) is 79.3 cm³/mol. The Morgan fingerprint density at radius 3 is 2.90 bits per heavy atom. The van der Waals surface area contributed by atoms with Crippen molar-refractivity contribution in [1.82, 2.24) is 5.32 Å². The van der Waals surface area contributed by atoms with E-state index in [0.29, 0.717) is 17.3 Å². The number of nitrogen functional groups attached to an aromatic ring is 1. The average Bonchev–Trinajstić information content (AvgIpc) is 2.91. The third-order valence-corrected chi connectivity index (χ3v) is 2.73. The van der Waals surface area contributed by atoms with Gasteiger partial charge >= 0.3 is 0 Å². The molecule has 0 radical (unpaired) electrons. The van der Waals surface area contributed by atoms with E-state index in [1.165, 1.54) is 12.1 Å². The quantitative estimate of drug-likeness (QED) is 0.343. The van der Waals surface area contributed by atoms with Crippen molar-refractivity contribution >= 4 is 34.4 Å². The third kappa shape index (κ3) is 3.45. The minimum atomic E-state index is -0.542. The number of nitro groups is 1. The SMILES string of the molecule is Nc1ccc(NC(=S)NCc2ccco2)cc1[N+](=O)[O-]. The molecule has 2 rings (SSSR count). The molecule has 0 spiro atoms. The van der Waals surface area contributed by atoms with Crippen molar-refractivity contribution < 1.29 is 9.34 Å². The Balaban J connectivity index is 1.97. The Hall–Kier alpha value is -2.61. The van der Waals surface area contributed by atoms with Gasteiger partial charge in [-0.05, 0) is 36.5 Å². The molecule has 4 N–H and O–H groups in total. The number of anilines is 2. The summed E-state index contributed by atoms with van der Waals surface area (Å²) in [4.78, 5) is 10.2. The second-order valence-corrected chi connectivity index (χ2v) is 4.33. The van der Waals surface area contributed by atoms with Crippen LogP contribution >= 0.6 is 12.2 Å². The maximum absolute atomic E-state index is 10.8. The monoisotopic (exact) mass is 292 g/mol. The van der Waals surface area contributed by atoms with Gasteiger partial charge in [-0.25, -0.2) is 0 Å². The topological polar surface area (TPSA) is 106 Å². The molecule has 0 bridgehead atoms. The lowest BCUT2D eigenvalue weighted by Crippen LogP contribution is -2.27. The molecular weight excluding hydrogens is 280 g/mol. The van der Waals surface area contributed by atoms with E-state index in [0.717, 1.165) is 5.76 Å². The Bertz CT molecular complexity index is 628. The molecule has 2 aromatic rings. The normalized spacial score (nSPS) is 10.0. The molecule has 0 unspecified atom stereocenters. The van der Waals surface area contributed by atoms with Crippen molar-refractivity contribution in [3.8, 4) is 0 Å². The number of nitrogens with two attached hydrogens (primary N) is 1. The maximum atomic E-state index is 10.8. The molecule has 0 saturated carbocycles. The zero-order valence-corrected chi connectivity index (χ0v) is 11.1. The molecule has 1 heterocycles. The summed E-state index contributed by atoms with van der Waals surface area (Å²) in [6.45, 7) is 0.426. The van der Waals surface area contributed by atoms with Crippen LogP contribution in [0, 0.1) is 10.1 Å². The lowest BCUT2D eigenvalue weighted by atomic mass is 10.2. The van der Waals surface area contributed by atoms with Crippen LogP contribution < -0.4 is 16.4 Å². The molecule has 20 heavy (non-hydrogen) atoms. The minimum absolute atomic E-state index is 0.106. The molecule has 0 amide bonds. The number of furan rings is 1. The van der Waals surface area contributed by atoms with Crippen molar-refractivity contribution in [1.29, 1.82) is 0 Å². The maximum Gasteiger partial charge on any atom is 0.294 e. The summed E-state index contributed by atoms with van der Waals surface area (Å²) in [5.41, 5.74) is 5.95. The van der Waals surface area contributed by atoms with Crippen LogP contribution in [0.5, 0.6) is 0 Å². The van der Waals surface area contributed by atoms with Crippen molar-refractivity contribution in [3.05, 3.63) is 52.5 Å². The van der Waals surface area contributed by atoms with E-state index < -0.39 is 4.92 Å². The van der Waals surface area contributed by atoms with E-state index in [1.807, 2.05) is 6.07 Å². The first-order chi connectivity index (χ1) is 9.56. The molecule has 7 nitrogen and oxygen atoms in total. The lowest BCUT2D eigenvalue weighted by Gasteiger charge is -2.09. The van der Waals surface area contributed by atoms with Crippen LogP contribution in [-0.4, -0.2) is 10.0 Å². The van der Waals surface area contributed by atoms with E-state index in [-0.39, 0.29) is 11.4 Å². The summed E-state index contributed by atoms with van der Waals surface area (Å²) in [6, 6.07) is 7.98. The van der Waals surface area contributed by atoms with Crippen LogP contribution in [0.2, 0.25) is 0 Å². The molecule has 0 aliphatic rings.